The second-order valence-electron chi connectivity index (χ2n) is 4.03. The largest absolute Gasteiger partial charge is 0.300 e. The highest BCUT2D eigenvalue weighted by molar-refractivity contribution is 5.80. The van der Waals surface area contributed by atoms with Crippen LogP contribution in [-0.2, 0) is 9.59 Å². The van der Waals surface area contributed by atoms with Gasteiger partial charge in [0.15, 0.2) is 0 Å². The van der Waals surface area contributed by atoms with E-state index in [1.54, 1.807) is 0 Å². The summed E-state index contributed by atoms with van der Waals surface area (Å²) >= 11 is 0. The van der Waals surface area contributed by atoms with E-state index in [0.717, 1.165) is 24.8 Å². The Morgan fingerprint density at radius 3 is 2.17 bits per heavy atom. The van der Waals surface area contributed by atoms with Crippen LogP contribution in [-0.4, -0.2) is 11.7 Å². The average molecular weight is 164 g/mol. The third kappa shape index (κ3) is 1.35. The van der Waals surface area contributed by atoms with Crippen molar-refractivity contribution in [1.82, 2.24) is 0 Å². The average Bonchev–Trinajstić information content (AvgIpc) is 2.02. The van der Waals surface area contributed by atoms with Gasteiger partial charge in [-0.2, -0.15) is 0 Å². The molecule has 64 valence electrons. The lowest BCUT2D eigenvalue weighted by Gasteiger charge is -2.33. The molecule has 0 aliphatic heterocycles. The van der Waals surface area contributed by atoms with E-state index in [0.29, 0.717) is 30.5 Å². The summed E-state index contributed by atoms with van der Waals surface area (Å²) in [5.74, 6) is 3.31. The van der Waals surface area contributed by atoms with E-state index in [1.165, 1.54) is 0 Å². The molecule has 2 saturated carbocycles. The van der Waals surface area contributed by atoms with Crippen LogP contribution in [0.25, 0.3) is 0 Å². The second-order valence-corrected chi connectivity index (χ2v) is 4.03. The summed E-state index contributed by atoms with van der Waals surface area (Å²) in [5, 5.41) is 0. The van der Waals surface area contributed by atoms with Gasteiger partial charge in [-0.3, -0.25) is 4.79 Å². The van der Waals surface area contributed by atoms with E-state index in [1.807, 2.05) is 5.94 Å². The van der Waals surface area contributed by atoms with E-state index in [2.05, 4.69) is 0 Å². The lowest BCUT2D eigenvalue weighted by atomic mass is 9.70. The maximum atomic E-state index is 11.2. The molecule has 0 amide bonds. The zero-order chi connectivity index (χ0) is 8.55. The molecule has 0 radical (unpaired) electrons. The number of hydrogen-bond acceptors (Lipinski definition) is 2. The highest BCUT2D eigenvalue weighted by Gasteiger charge is 2.32. The Bertz CT molecular complexity index is 243. The highest BCUT2D eigenvalue weighted by Crippen LogP contribution is 2.39. The lowest BCUT2D eigenvalue weighted by Crippen LogP contribution is -2.27. The minimum absolute atomic E-state index is 0.390. The van der Waals surface area contributed by atoms with Crippen LogP contribution in [0.2, 0.25) is 0 Å². The number of fused-ring (bicyclic) bond motifs is 2. The molecule has 0 spiro atoms. The number of hydrogen-bond donors (Lipinski definition) is 0. The zero-order valence-electron chi connectivity index (χ0n) is 7.01. The van der Waals surface area contributed by atoms with Gasteiger partial charge < -0.3 is 0 Å². The van der Waals surface area contributed by atoms with Gasteiger partial charge in [0.25, 0.3) is 0 Å². The van der Waals surface area contributed by atoms with Crippen molar-refractivity contribution in [3.8, 4) is 0 Å². The van der Waals surface area contributed by atoms with Crippen molar-refractivity contribution < 1.29 is 9.59 Å². The van der Waals surface area contributed by atoms with Crippen LogP contribution >= 0.6 is 0 Å². The van der Waals surface area contributed by atoms with Crippen LogP contribution in [0.4, 0.5) is 0 Å². The van der Waals surface area contributed by atoms with Gasteiger partial charge in [-0.25, -0.2) is 4.79 Å². The van der Waals surface area contributed by atoms with Crippen molar-refractivity contribution in [1.29, 1.82) is 0 Å². The van der Waals surface area contributed by atoms with Gasteiger partial charge in [0, 0.05) is 18.4 Å². The molecule has 0 aromatic heterocycles. The molecule has 12 heavy (non-hydrogen) atoms. The lowest BCUT2D eigenvalue weighted by molar-refractivity contribution is -0.123. The number of Topliss-reactive ketones (excluding diaryl/α,β-unsaturated/α-hetero) is 1. The maximum absolute atomic E-state index is 11.2. The molecule has 0 N–H and O–H groups in total. The van der Waals surface area contributed by atoms with Crippen LogP contribution < -0.4 is 0 Å². The fraction of sp³-hybridized carbons (Fsp3) is 0.700. The first kappa shape index (κ1) is 7.75. The van der Waals surface area contributed by atoms with E-state index >= 15 is 0 Å². The van der Waals surface area contributed by atoms with E-state index < -0.39 is 0 Å². The molecule has 2 heteroatoms. The fourth-order valence-corrected chi connectivity index (χ4v) is 2.54. The normalized spacial score (nSPS) is 34.7. The van der Waals surface area contributed by atoms with Crippen molar-refractivity contribution in [3.05, 3.63) is 5.57 Å². The Labute approximate surface area is 71.6 Å². The van der Waals surface area contributed by atoms with Crippen LogP contribution in [0.5, 0.6) is 0 Å². The summed E-state index contributed by atoms with van der Waals surface area (Å²) in [6, 6.07) is 0. The number of ketones is 1. The van der Waals surface area contributed by atoms with Crippen molar-refractivity contribution in [2.75, 3.05) is 0 Å². The molecule has 2 fully saturated rings. The first-order valence-corrected chi connectivity index (χ1v) is 4.52. The molecule has 2 atom stereocenters. The molecule has 0 heterocycles. The summed E-state index contributed by atoms with van der Waals surface area (Å²) in [4.78, 5) is 21.6. The monoisotopic (exact) mass is 164 g/mol. The third-order valence-electron chi connectivity index (χ3n) is 2.91. The predicted octanol–water partition coefficient (Wildman–Crippen LogP) is 1.52. The minimum Gasteiger partial charge on any atom is -0.300 e. The Hall–Kier alpha value is -0.880. The SMILES string of the molecule is O=C=C1C[C@H]2CC(=O)C[C@@H](C1)C2. The molecule has 0 aromatic carbocycles. The summed E-state index contributed by atoms with van der Waals surface area (Å²) in [5.41, 5.74) is 0.906. The van der Waals surface area contributed by atoms with Crippen LogP contribution in [0.1, 0.15) is 32.1 Å². The van der Waals surface area contributed by atoms with Crippen molar-refractivity contribution in [2.24, 2.45) is 11.8 Å². The Balaban J connectivity index is 2.15. The standard InChI is InChI=1S/C10H12O2/c11-6-9-2-7-1-8(3-9)5-10(12)4-7/h7-8H,1-5H2/t7-,8+. The third-order valence-corrected chi connectivity index (χ3v) is 2.91. The second kappa shape index (κ2) is 2.87. The highest BCUT2D eigenvalue weighted by atomic mass is 16.1. The van der Waals surface area contributed by atoms with E-state index in [9.17, 15) is 9.59 Å². The summed E-state index contributed by atoms with van der Waals surface area (Å²) in [6.07, 6.45) is 4.19. The predicted molar refractivity (Wildman–Crippen MR) is 44.3 cm³/mol. The molecule has 2 nitrogen and oxygen atoms in total. The zero-order valence-corrected chi connectivity index (χ0v) is 7.01. The topological polar surface area (TPSA) is 34.1 Å². The van der Waals surface area contributed by atoms with Crippen LogP contribution in [0, 0.1) is 11.8 Å². The molecule has 2 rings (SSSR count). The van der Waals surface area contributed by atoms with Crippen molar-refractivity contribution >= 4 is 11.7 Å². The van der Waals surface area contributed by atoms with Crippen LogP contribution in [0.3, 0.4) is 0 Å². The molecular weight excluding hydrogens is 152 g/mol. The summed E-state index contributed by atoms with van der Waals surface area (Å²) < 4.78 is 0. The van der Waals surface area contributed by atoms with Gasteiger partial charge in [-0.15, -0.1) is 0 Å². The van der Waals surface area contributed by atoms with Gasteiger partial charge in [-0.1, -0.05) is 0 Å². The van der Waals surface area contributed by atoms with E-state index in [4.69, 9.17) is 0 Å². The van der Waals surface area contributed by atoms with Gasteiger partial charge in [-0.05, 0) is 31.1 Å². The smallest absolute Gasteiger partial charge is 0.133 e. The molecule has 0 unspecified atom stereocenters. The van der Waals surface area contributed by atoms with Crippen LogP contribution in [0.15, 0.2) is 5.57 Å². The van der Waals surface area contributed by atoms with E-state index in [-0.39, 0.29) is 0 Å². The van der Waals surface area contributed by atoms with Gasteiger partial charge in [0.2, 0.25) is 0 Å². The minimum atomic E-state index is 0.390. The fourth-order valence-electron chi connectivity index (χ4n) is 2.54. The Kier molecular flexibility index (Phi) is 1.86. The molecule has 2 aliphatic rings. The molecule has 0 aromatic rings. The Morgan fingerprint density at radius 2 is 1.67 bits per heavy atom. The Morgan fingerprint density at radius 1 is 1.08 bits per heavy atom. The first-order valence-electron chi connectivity index (χ1n) is 4.52. The summed E-state index contributed by atoms with van der Waals surface area (Å²) in [6.45, 7) is 0. The number of carbonyl (C=O) groups is 1. The van der Waals surface area contributed by atoms with Crippen molar-refractivity contribution in [3.63, 3.8) is 0 Å². The van der Waals surface area contributed by atoms with Gasteiger partial charge in [0.05, 0.1) is 0 Å². The van der Waals surface area contributed by atoms with Crippen molar-refractivity contribution in [2.45, 2.75) is 32.1 Å². The van der Waals surface area contributed by atoms with Gasteiger partial charge in [0.1, 0.15) is 11.7 Å². The number of allylic oxidation sites excluding steroid dienone is 1. The number of carbonyl (C=O) groups excluding carboxylic acids is 2. The molecule has 0 saturated heterocycles. The molecule has 2 aliphatic carbocycles. The summed E-state index contributed by atoms with van der Waals surface area (Å²) in [7, 11) is 0. The maximum Gasteiger partial charge on any atom is 0.133 e. The molecule has 2 bridgehead atoms. The molecular formula is C10H12O2. The number of rotatable bonds is 0. The first-order chi connectivity index (χ1) is 5.78. The quantitative estimate of drug-likeness (QED) is 0.509. The van der Waals surface area contributed by atoms with Gasteiger partial charge >= 0.3 is 0 Å².